The maximum absolute atomic E-state index is 12.3. The SMILES string of the molecule is NCCC[C@@H](N)C(=O)N(CCCO)Cc1ccccc1. The first-order valence-electron chi connectivity index (χ1n) is 7.08. The molecular formula is C15H25N3O2. The molecule has 1 atom stereocenters. The molecular weight excluding hydrogens is 254 g/mol. The zero-order valence-electron chi connectivity index (χ0n) is 11.9. The van der Waals surface area contributed by atoms with Gasteiger partial charge in [0.05, 0.1) is 6.04 Å². The van der Waals surface area contributed by atoms with Gasteiger partial charge in [-0.2, -0.15) is 0 Å². The number of nitrogens with zero attached hydrogens (tertiary/aromatic N) is 1. The van der Waals surface area contributed by atoms with Gasteiger partial charge in [-0.1, -0.05) is 30.3 Å². The second-order valence-electron chi connectivity index (χ2n) is 4.86. The number of aliphatic hydroxyl groups excluding tert-OH is 1. The van der Waals surface area contributed by atoms with Crippen molar-refractivity contribution in [2.75, 3.05) is 19.7 Å². The molecule has 1 amide bonds. The summed E-state index contributed by atoms with van der Waals surface area (Å²) >= 11 is 0. The highest BCUT2D eigenvalue weighted by Gasteiger charge is 2.20. The number of aliphatic hydroxyl groups is 1. The third-order valence-corrected chi connectivity index (χ3v) is 3.15. The molecule has 0 saturated heterocycles. The van der Waals surface area contributed by atoms with E-state index in [9.17, 15) is 4.79 Å². The van der Waals surface area contributed by atoms with E-state index in [4.69, 9.17) is 16.6 Å². The van der Waals surface area contributed by atoms with Crippen molar-refractivity contribution < 1.29 is 9.90 Å². The Labute approximate surface area is 120 Å². The van der Waals surface area contributed by atoms with Crippen molar-refractivity contribution in [3.63, 3.8) is 0 Å². The summed E-state index contributed by atoms with van der Waals surface area (Å²) in [6.07, 6.45) is 1.90. The molecule has 1 aromatic rings. The Bertz CT molecular complexity index is 384. The van der Waals surface area contributed by atoms with Crippen molar-refractivity contribution >= 4 is 5.91 Å². The predicted molar refractivity (Wildman–Crippen MR) is 79.8 cm³/mol. The molecule has 0 spiro atoms. The Balaban J connectivity index is 2.65. The second kappa shape index (κ2) is 9.47. The first-order valence-corrected chi connectivity index (χ1v) is 7.08. The standard InChI is InChI=1S/C15H25N3O2/c16-9-4-8-14(17)15(20)18(10-5-11-19)12-13-6-2-1-3-7-13/h1-3,6-7,14,19H,4-5,8-12,16-17H2/t14-/m1/s1. The summed E-state index contributed by atoms with van der Waals surface area (Å²) in [5.41, 5.74) is 12.4. The lowest BCUT2D eigenvalue weighted by molar-refractivity contribution is -0.133. The number of hydrogen-bond donors (Lipinski definition) is 3. The number of hydrogen-bond acceptors (Lipinski definition) is 4. The van der Waals surface area contributed by atoms with Crippen LogP contribution in [0.2, 0.25) is 0 Å². The number of rotatable bonds is 9. The van der Waals surface area contributed by atoms with Crippen LogP contribution in [-0.4, -0.2) is 41.7 Å². The molecule has 112 valence electrons. The largest absolute Gasteiger partial charge is 0.396 e. The molecule has 5 nitrogen and oxygen atoms in total. The summed E-state index contributed by atoms with van der Waals surface area (Å²) in [7, 11) is 0. The van der Waals surface area contributed by atoms with Crippen LogP contribution in [-0.2, 0) is 11.3 Å². The molecule has 0 aliphatic heterocycles. The molecule has 0 radical (unpaired) electrons. The average Bonchev–Trinajstić information content (AvgIpc) is 2.49. The van der Waals surface area contributed by atoms with E-state index < -0.39 is 6.04 Å². The van der Waals surface area contributed by atoms with Crippen LogP contribution in [0.15, 0.2) is 30.3 Å². The van der Waals surface area contributed by atoms with Crippen LogP contribution >= 0.6 is 0 Å². The minimum Gasteiger partial charge on any atom is -0.396 e. The number of amides is 1. The Morgan fingerprint density at radius 3 is 2.55 bits per heavy atom. The summed E-state index contributed by atoms with van der Waals surface area (Å²) in [6.45, 7) is 1.64. The first-order chi connectivity index (χ1) is 9.69. The maximum Gasteiger partial charge on any atom is 0.239 e. The minimum absolute atomic E-state index is 0.0661. The number of carbonyl (C=O) groups excluding carboxylic acids is 1. The number of carbonyl (C=O) groups is 1. The zero-order chi connectivity index (χ0) is 14.8. The molecule has 0 aliphatic carbocycles. The molecule has 1 rings (SSSR count). The van der Waals surface area contributed by atoms with Crippen molar-refractivity contribution in [1.82, 2.24) is 4.90 Å². The molecule has 0 unspecified atom stereocenters. The van der Waals surface area contributed by atoms with E-state index in [0.717, 1.165) is 12.0 Å². The molecule has 0 fully saturated rings. The molecule has 0 bridgehead atoms. The van der Waals surface area contributed by atoms with Gasteiger partial charge in [-0.05, 0) is 31.4 Å². The van der Waals surface area contributed by atoms with Gasteiger partial charge >= 0.3 is 0 Å². The van der Waals surface area contributed by atoms with Crippen LogP contribution in [0.4, 0.5) is 0 Å². The summed E-state index contributed by atoms with van der Waals surface area (Å²) < 4.78 is 0. The van der Waals surface area contributed by atoms with Gasteiger partial charge in [0.1, 0.15) is 0 Å². The van der Waals surface area contributed by atoms with Crippen LogP contribution < -0.4 is 11.5 Å². The van der Waals surface area contributed by atoms with Crippen LogP contribution in [0.3, 0.4) is 0 Å². The third kappa shape index (κ3) is 5.69. The average molecular weight is 279 g/mol. The van der Waals surface area contributed by atoms with Gasteiger partial charge in [0.25, 0.3) is 0 Å². The minimum atomic E-state index is -0.513. The van der Waals surface area contributed by atoms with Crippen molar-refractivity contribution in [2.45, 2.75) is 31.8 Å². The lowest BCUT2D eigenvalue weighted by atomic mass is 10.1. The summed E-state index contributed by atoms with van der Waals surface area (Å²) in [4.78, 5) is 14.1. The lowest BCUT2D eigenvalue weighted by Gasteiger charge is -2.25. The van der Waals surface area contributed by atoms with E-state index in [0.29, 0.717) is 32.5 Å². The highest BCUT2D eigenvalue weighted by Crippen LogP contribution is 2.08. The van der Waals surface area contributed by atoms with E-state index in [2.05, 4.69) is 0 Å². The van der Waals surface area contributed by atoms with Gasteiger partial charge in [-0.15, -0.1) is 0 Å². The normalized spacial score (nSPS) is 12.2. The molecule has 5 heteroatoms. The van der Waals surface area contributed by atoms with Crippen LogP contribution in [0.5, 0.6) is 0 Å². The van der Waals surface area contributed by atoms with Gasteiger partial charge in [-0.25, -0.2) is 0 Å². The van der Waals surface area contributed by atoms with Gasteiger partial charge in [-0.3, -0.25) is 4.79 Å². The van der Waals surface area contributed by atoms with Crippen molar-refractivity contribution in [3.8, 4) is 0 Å². The summed E-state index contributed by atoms with van der Waals surface area (Å²) in [5.74, 6) is -0.0734. The number of benzene rings is 1. The molecule has 20 heavy (non-hydrogen) atoms. The van der Waals surface area contributed by atoms with Crippen LogP contribution in [0, 0.1) is 0 Å². The van der Waals surface area contributed by atoms with Crippen LogP contribution in [0.1, 0.15) is 24.8 Å². The summed E-state index contributed by atoms with van der Waals surface area (Å²) in [5, 5.41) is 8.96. The molecule has 0 saturated carbocycles. The van der Waals surface area contributed by atoms with Gasteiger partial charge < -0.3 is 21.5 Å². The molecule has 0 aliphatic rings. The maximum atomic E-state index is 12.3. The monoisotopic (exact) mass is 279 g/mol. The fourth-order valence-corrected chi connectivity index (χ4v) is 2.03. The fraction of sp³-hybridized carbons (Fsp3) is 0.533. The Kier molecular flexibility index (Phi) is 7.87. The van der Waals surface area contributed by atoms with Crippen LogP contribution in [0.25, 0.3) is 0 Å². The van der Waals surface area contributed by atoms with E-state index in [1.165, 1.54) is 0 Å². The fourth-order valence-electron chi connectivity index (χ4n) is 2.03. The first kappa shape index (κ1) is 16.6. The zero-order valence-corrected chi connectivity index (χ0v) is 11.9. The predicted octanol–water partition coefficient (Wildman–Crippen LogP) is 0.464. The van der Waals surface area contributed by atoms with Gasteiger partial charge in [0, 0.05) is 19.7 Å². The molecule has 0 heterocycles. The van der Waals surface area contributed by atoms with E-state index in [1.54, 1.807) is 4.90 Å². The second-order valence-corrected chi connectivity index (χ2v) is 4.86. The molecule has 1 aromatic carbocycles. The van der Waals surface area contributed by atoms with Gasteiger partial charge in [0.2, 0.25) is 5.91 Å². The lowest BCUT2D eigenvalue weighted by Crippen LogP contribution is -2.44. The van der Waals surface area contributed by atoms with Crippen molar-refractivity contribution in [2.24, 2.45) is 11.5 Å². The number of nitrogens with two attached hydrogens (primary N) is 2. The highest BCUT2D eigenvalue weighted by molar-refractivity contribution is 5.81. The Morgan fingerprint density at radius 2 is 1.95 bits per heavy atom. The molecule has 0 aromatic heterocycles. The van der Waals surface area contributed by atoms with E-state index in [1.807, 2.05) is 30.3 Å². The van der Waals surface area contributed by atoms with Crippen molar-refractivity contribution in [3.05, 3.63) is 35.9 Å². The quantitative estimate of drug-likeness (QED) is 0.612. The van der Waals surface area contributed by atoms with E-state index >= 15 is 0 Å². The highest BCUT2D eigenvalue weighted by atomic mass is 16.3. The Hall–Kier alpha value is -1.43. The third-order valence-electron chi connectivity index (χ3n) is 3.15. The smallest absolute Gasteiger partial charge is 0.239 e. The Morgan fingerprint density at radius 1 is 1.25 bits per heavy atom. The van der Waals surface area contributed by atoms with Crippen molar-refractivity contribution in [1.29, 1.82) is 0 Å². The molecule has 5 N–H and O–H groups in total. The summed E-state index contributed by atoms with van der Waals surface area (Å²) in [6, 6.07) is 9.27. The van der Waals surface area contributed by atoms with E-state index in [-0.39, 0.29) is 12.5 Å². The van der Waals surface area contributed by atoms with Gasteiger partial charge in [0.15, 0.2) is 0 Å². The topological polar surface area (TPSA) is 92.6 Å².